The van der Waals surface area contributed by atoms with Gasteiger partial charge < -0.3 is 5.32 Å². The number of fused-ring (bicyclic) bond motifs is 1. The molecule has 0 saturated heterocycles. The number of hydrogen-bond donors (Lipinski definition) is 1. The monoisotopic (exact) mass is 305 g/mol. The molecule has 3 rings (SSSR count). The van der Waals surface area contributed by atoms with Gasteiger partial charge in [0.05, 0.1) is 10.8 Å². The summed E-state index contributed by atoms with van der Waals surface area (Å²) in [5.41, 5.74) is 2.73. The Balaban J connectivity index is 1.84. The van der Waals surface area contributed by atoms with Crippen molar-refractivity contribution >= 4 is 23.2 Å². The summed E-state index contributed by atoms with van der Waals surface area (Å²) in [7, 11) is 0. The summed E-state index contributed by atoms with van der Waals surface area (Å²) in [5, 5.41) is 3.02. The summed E-state index contributed by atoms with van der Waals surface area (Å²) >= 11 is 6.76. The van der Waals surface area contributed by atoms with Crippen LogP contribution >= 0.6 is 11.6 Å². The summed E-state index contributed by atoms with van der Waals surface area (Å²) in [5.74, 6) is 1.48. The average molecular weight is 306 g/mol. The number of hydrogen-bond acceptors (Lipinski definition) is 1. The van der Waals surface area contributed by atoms with Crippen LogP contribution < -0.4 is 5.32 Å². The quantitative estimate of drug-likeness (QED) is 0.763. The van der Waals surface area contributed by atoms with E-state index in [0.717, 1.165) is 17.2 Å². The second kappa shape index (κ2) is 5.31. The van der Waals surface area contributed by atoms with E-state index in [-0.39, 0.29) is 11.3 Å². The molecule has 114 valence electrons. The van der Waals surface area contributed by atoms with Crippen LogP contribution in [0.15, 0.2) is 18.2 Å². The number of rotatable bonds is 2. The molecule has 2 nitrogen and oxygen atoms in total. The molecule has 1 aromatic carbocycles. The number of anilines is 1. The van der Waals surface area contributed by atoms with E-state index in [1.807, 2.05) is 19.9 Å². The van der Waals surface area contributed by atoms with E-state index in [0.29, 0.717) is 5.92 Å². The molecule has 21 heavy (non-hydrogen) atoms. The molecular weight excluding hydrogens is 282 g/mol. The molecule has 1 unspecified atom stereocenters. The van der Waals surface area contributed by atoms with Crippen molar-refractivity contribution in [3.05, 3.63) is 29.3 Å². The zero-order valence-electron chi connectivity index (χ0n) is 13.1. The largest absolute Gasteiger partial charge is 0.325 e. The van der Waals surface area contributed by atoms with Crippen molar-refractivity contribution < 1.29 is 4.79 Å². The van der Waals surface area contributed by atoms with Crippen LogP contribution in [0.25, 0.3) is 0 Å². The first-order valence-corrected chi connectivity index (χ1v) is 8.43. The van der Waals surface area contributed by atoms with E-state index in [9.17, 15) is 4.79 Å². The summed E-state index contributed by atoms with van der Waals surface area (Å²) in [6.45, 7) is 6.28. The number of benzene rings is 1. The fourth-order valence-electron chi connectivity index (χ4n) is 3.61. The maximum absolute atomic E-state index is 12.0. The molecule has 2 aliphatic rings. The summed E-state index contributed by atoms with van der Waals surface area (Å²) in [4.78, 5) is 12.0. The van der Waals surface area contributed by atoms with Crippen LogP contribution in [0.3, 0.4) is 0 Å². The van der Waals surface area contributed by atoms with Gasteiger partial charge in [-0.05, 0) is 55.7 Å². The minimum atomic E-state index is -0.455. The van der Waals surface area contributed by atoms with Crippen molar-refractivity contribution in [2.24, 2.45) is 11.8 Å². The van der Waals surface area contributed by atoms with Gasteiger partial charge in [0.1, 0.15) is 0 Å². The first-order valence-electron chi connectivity index (χ1n) is 7.99. The molecule has 1 amide bonds. The molecule has 0 bridgehead atoms. The minimum absolute atomic E-state index is 0.0642. The molecule has 1 atom stereocenters. The van der Waals surface area contributed by atoms with Gasteiger partial charge in [-0.1, -0.05) is 31.9 Å². The predicted molar refractivity (Wildman–Crippen MR) is 87.8 cm³/mol. The van der Waals surface area contributed by atoms with Crippen LogP contribution in [-0.2, 0) is 10.2 Å². The highest BCUT2D eigenvalue weighted by Gasteiger charge is 2.39. The molecule has 1 aliphatic carbocycles. The van der Waals surface area contributed by atoms with Gasteiger partial charge >= 0.3 is 0 Å². The molecular formula is C18H24ClNO. The van der Waals surface area contributed by atoms with Crippen LogP contribution in [0.5, 0.6) is 0 Å². The standard InChI is InChI=1S/C18H24ClNO/c1-11-4-6-12(7-5-11)16(19)13-8-9-15-14(10-13)18(2,3)17(21)20-15/h8-12,16H,4-7H2,1-3H3,(H,20,21). The van der Waals surface area contributed by atoms with Crippen LogP contribution in [0.1, 0.15) is 63.0 Å². The van der Waals surface area contributed by atoms with Crippen LogP contribution in [-0.4, -0.2) is 5.91 Å². The van der Waals surface area contributed by atoms with Crippen molar-refractivity contribution in [3.63, 3.8) is 0 Å². The molecule has 1 saturated carbocycles. The highest BCUT2D eigenvalue weighted by Crippen LogP contribution is 2.44. The van der Waals surface area contributed by atoms with E-state index < -0.39 is 5.41 Å². The highest BCUT2D eigenvalue weighted by atomic mass is 35.5. The first kappa shape index (κ1) is 14.9. The average Bonchev–Trinajstić information content (AvgIpc) is 2.69. The SMILES string of the molecule is CC1CCC(C(Cl)c2ccc3c(c2)C(C)(C)C(=O)N3)CC1. The molecule has 1 aromatic rings. The van der Waals surface area contributed by atoms with E-state index in [4.69, 9.17) is 11.6 Å². The molecule has 1 fully saturated rings. The molecule has 0 spiro atoms. The third kappa shape index (κ3) is 2.59. The normalized spacial score (nSPS) is 28.9. The van der Waals surface area contributed by atoms with Gasteiger partial charge in [-0.2, -0.15) is 0 Å². The van der Waals surface area contributed by atoms with E-state index in [1.54, 1.807) is 0 Å². The second-order valence-corrected chi connectivity index (χ2v) is 7.78. The maximum atomic E-state index is 12.0. The number of halogens is 1. The number of carbonyl (C=O) groups excluding carboxylic acids is 1. The topological polar surface area (TPSA) is 29.1 Å². The molecule has 1 aliphatic heterocycles. The Morgan fingerprint density at radius 3 is 2.57 bits per heavy atom. The van der Waals surface area contributed by atoms with Gasteiger partial charge in [-0.3, -0.25) is 4.79 Å². The predicted octanol–water partition coefficient (Wildman–Crippen LogP) is 5.02. The lowest BCUT2D eigenvalue weighted by atomic mass is 9.78. The van der Waals surface area contributed by atoms with Crippen molar-refractivity contribution in [2.75, 3.05) is 5.32 Å². The van der Waals surface area contributed by atoms with Crippen molar-refractivity contribution in [1.82, 2.24) is 0 Å². The Morgan fingerprint density at radius 2 is 1.90 bits per heavy atom. The lowest BCUT2D eigenvalue weighted by Crippen LogP contribution is -2.27. The summed E-state index contributed by atoms with van der Waals surface area (Å²) < 4.78 is 0. The highest BCUT2D eigenvalue weighted by molar-refractivity contribution is 6.21. The zero-order chi connectivity index (χ0) is 15.2. The van der Waals surface area contributed by atoms with Crippen LogP contribution in [0, 0.1) is 11.8 Å². The molecule has 0 aromatic heterocycles. The Morgan fingerprint density at radius 1 is 1.24 bits per heavy atom. The fourth-order valence-corrected chi connectivity index (χ4v) is 4.00. The zero-order valence-corrected chi connectivity index (χ0v) is 13.8. The Kier molecular flexibility index (Phi) is 3.77. The summed E-state index contributed by atoms with van der Waals surface area (Å²) in [6.07, 6.45) is 4.99. The van der Waals surface area contributed by atoms with Gasteiger partial charge in [0, 0.05) is 5.69 Å². The van der Waals surface area contributed by atoms with Crippen LogP contribution in [0.4, 0.5) is 5.69 Å². The van der Waals surface area contributed by atoms with Gasteiger partial charge in [-0.15, -0.1) is 11.6 Å². The Labute approximate surface area is 132 Å². The lowest BCUT2D eigenvalue weighted by Gasteiger charge is -2.30. The molecule has 3 heteroatoms. The van der Waals surface area contributed by atoms with Gasteiger partial charge in [0.25, 0.3) is 0 Å². The Bertz CT molecular complexity index is 558. The Hall–Kier alpha value is -1.02. The molecule has 0 radical (unpaired) electrons. The van der Waals surface area contributed by atoms with Crippen molar-refractivity contribution in [1.29, 1.82) is 0 Å². The molecule has 1 heterocycles. The lowest BCUT2D eigenvalue weighted by molar-refractivity contribution is -0.119. The van der Waals surface area contributed by atoms with E-state index in [2.05, 4.69) is 24.4 Å². The number of amides is 1. The maximum Gasteiger partial charge on any atom is 0.234 e. The van der Waals surface area contributed by atoms with Gasteiger partial charge in [-0.25, -0.2) is 0 Å². The second-order valence-electron chi connectivity index (χ2n) is 7.31. The van der Waals surface area contributed by atoms with Crippen molar-refractivity contribution in [3.8, 4) is 0 Å². The van der Waals surface area contributed by atoms with Crippen LogP contribution in [0.2, 0.25) is 0 Å². The van der Waals surface area contributed by atoms with Gasteiger partial charge in [0.2, 0.25) is 5.91 Å². The molecule has 1 N–H and O–H groups in total. The number of nitrogens with one attached hydrogen (secondary N) is 1. The summed E-state index contributed by atoms with van der Waals surface area (Å²) in [6, 6.07) is 6.23. The number of alkyl halides is 1. The van der Waals surface area contributed by atoms with E-state index in [1.165, 1.54) is 31.2 Å². The third-order valence-electron chi connectivity index (χ3n) is 5.33. The van der Waals surface area contributed by atoms with E-state index >= 15 is 0 Å². The minimum Gasteiger partial charge on any atom is -0.325 e. The van der Waals surface area contributed by atoms with Crippen molar-refractivity contribution in [2.45, 2.75) is 57.2 Å². The third-order valence-corrected chi connectivity index (χ3v) is 5.93. The smallest absolute Gasteiger partial charge is 0.234 e. The fraction of sp³-hybridized carbons (Fsp3) is 0.611. The van der Waals surface area contributed by atoms with Gasteiger partial charge in [0.15, 0.2) is 0 Å². The number of carbonyl (C=O) groups is 1. The first-order chi connectivity index (χ1) is 9.89.